The molecule has 108 valence electrons. The average molecular weight is 284 g/mol. The predicted molar refractivity (Wildman–Crippen MR) is 81.3 cm³/mol. The Morgan fingerprint density at radius 1 is 1.10 bits per heavy atom. The first-order chi connectivity index (χ1) is 10.1. The van der Waals surface area contributed by atoms with E-state index >= 15 is 0 Å². The monoisotopic (exact) mass is 284 g/mol. The fraction of sp³-hybridized carbons (Fsp3) is 0.176. The Bertz CT molecular complexity index is 795. The van der Waals surface area contributed by atoms with E-state index in [1.165, 1.54) is 6.07 Å². The van der Waals surface area contributed by atoms with Crippen molar-refractivity contribution in [3.05, 3.63) is 70.7 Å². The number of hydrazine groups is 1. The van der Waals surface area contributed by atoms with Crippen molar-refractivity contribution < 1.29 is 8.81 Å². The second kappa shape index (κ2) is 5.31. The first-order valence-corrected chi connectivity index (χ1v) is 6.81. The number of hydrogen-bond donors (Lipinski definition) is 2. The van der Waals surface area contributed by atoms with E-state index in [0.717, 1.165) is 22.1 Å². The van der Waals surface area contributed by atoms with Crippen molar-refractivity contribution in [1.29, 1.82) is 0 Å². The Hall–Kier alpha value is -2.17. The molecule has 2 aromatic carbocycles. The second-order valence-electron chi connectivity index (χ2n) is 5.25. The van der Waals surface area contributed by atoms with Crippen LogP contribution in [0.2, 0.25) is 0 Å². The van der Waals surface area contributed by atoms with Gasteiger partial charge in [-0.15, -0.1) is 0 Å². The maximum Gasteiger partial charge on any atom is 0.137 e. The average Bonchev–Trinajstić information content (AvgIpc) is 2.89. The number of para-hydroxylation sites is 1. The van der Waals surface area contributed by atoms with Crippen molar-refractivity contribution in [1.82, 2.24) is 5.43 Å². The molecular weight excluding hydrogens is 267 g/mol. The van der Waals surface area contributed by atoms with Gasteiger partial charge in [-0.2, -0.15) is 0 Å². The van der Waals surface area contributed by atoms with Crippen LogP contribution in [0.1, 0.15) is 28.5 Å². The summed E-state index contributed by atoms with van der Waals surface area (Å²) in [5.41, 5.74) is 5.93. The quantitative estimate of drug-likeness (QED) is 0.569. The van der Waals surface area contributed by atoms with Crippen LogP contribution in [0.5, 0.6) is 0 Å². The lowest BCUT2D eigenvalue weighted by Crippen LogP contribution is -2.28. The molecule has 3 N–H and O–H groups in total. The first kappa shape index (κ1) is 13.8. The van der Waals surface area contributed by atoms with Gasteiger partial charge in [0.25, 0.3) is 0 Å². The molecule has 1 aromatic heterocycles. The molecule has 3 nitrogen and oxygen atoms in total. The van der Waals surface area contributed by atoms with E-state index in [1.54, 1.807) is 13.0 Å². The summed E-state index contributed by atoms with van der Waals surface area (Å²) in [5, 5.41) is 1.01. The summed E-state index contributed by atoms with van der Waals surface area (Å²) in [7, 11) is 0. The number of nitrogens with one attached hydrogen (secondary N) is 1. The molecule has 1 unspecified atom stereocenters. The van der Waals surface area contributed by atoms with Crippen LogP contribution < -0.4 is 11.3 Å². The summed E-state index contributed by atoms with van der Waals surface area (Å²) in [6.07, 6.45) is 0. The molecule has 0 aliphatic rings. The molecule has 1 heterocycles. The maximum absolute atomic E-state index is 13.8. The molecule has 1 atom stereocenters. The van der Waals surface area contributed by atoms with E-state index in [-0.39, 0.29) is 11.9 Å². The summed E-state index contributed by atoms with van der Waals surface area (Å²) < 4.78 is 19.7. The molecule has 0 spiro atoms. The summed E-state index contributed by atoms with van der Waals surface area (Å²) >= 11 is 0. The largest absolute Gasteiger partial charge is 0.459 e. The highest BCUT2D eigenvalue weighted by atomic mass is 19.1. The Morgan fingerprint density at radius 3 is 2.57 bits per heavy atom. The molecule has 0 saturated carbocycles. The topological polar surface area (TPSA) is 51.2 Å². The molecule has 3 rings (SSSR count). The van der Waals surface area contributed by atoms with Crippen LogP contribution >= 0.6 is 0 Å². The summed E-state index contributed by atoms with van der Waals surface area (Å²) in [6.45, 7) is 3.72. The van der Waals surface area contributed by atoms with Gasteiger partial charge >= 0.3 is 0 Å². The second-order valence-corrected chi connectivity index (χ2v) is 5.25. The van der Waals surface area contributed by atoms with E-state index in [1.807, 2.05) is 37.3 Å². The van der Waals surface area contributed by atoms with Gasteiger partial charge in [-0.05, 0) is 42.7 Å². The number of hydrogen-bond acceptors (Lipinski definition) is 3. The highest BCUT2D eigenvalue weighted by Crippen LogP contribution is 2.30. The standard InChI is InChI=1S/C17H17FN2O/c1-10-6-7-12(8-14(10)18)16(20-19)15-9-13-5-3-4-11(2)17(13)21-15/h3-9,16,20H,19H2,1-2H3. The van der Waals surface area contributed by atoms with Gasteiger partial charge in [-0.25, -0.2) is 9.82 Å². The van der Waals surface area contributed by atoms with Crippen LogP contribution in [0, 0.1) is 19.7 Å². The predicted octanol–water partition coefficient (Wildman–Crippen LogP) is 3.74. The highest BCUT2D eigenvalue weighted by Gasteiger charge is 2.18. The lowest BCUT2D eigenvalue weighted by molar-refractivity contribution is 0.474. The number of aryl methyl sites for hydroxylation is 2. The highest BCUT2D eigenvalue weighted by molar-refractivity contribution is 5.81. The fourth-order valence-electron chi connectivity index (χ4n) is 2.50. The Labute approximate surface area is 122 Å². The number of benzene rings is 2. The van der Waals surface area contributed by atoms with E-state index in [4.69, 9.17) is 10.3 Å². The third kappa shape index (κ3) is 2.44. The minimum atomic E-state index is -0.383. The molecule has 0 fully saturated rings. The van der Waals surface area contributed by atoms with Crippen LogP contribution in [0.4, 0.5) is 4.39 Å². The molecule has 0 radical (unpaired) electrons. The molecule has 0 aliphatic heterocycles. The van der Waals surface area contributed by atoms with Crippen molar-refractivity contribution in [2.75, 3.05) is 0 Å². The van der Waals surface area contributed by atoms with Gasteiger partial charge in [-0.3, -0.25) is 5.84 Å². The van der Waals surface area contributed by atoms with Crippen molar-refractivity contribution in [2.45, 2.75) is 19.9 Å². The van der Waals surface area contributed by atoms with E-state index < -0.39 is 0 Å². The molecule has 3 aromatic rings. The van der Waals surface area contributed by atoms with Gasteiger partial charge < -0.3 is 4.42 Å². The van der Waals surface area contributed by atoms with Crippen molar-refractivity contribution in [3.8, 4) is 0 Å². The number of furan rings is 1. The first-order valence-electron chi connectivity index (χ1n) is 6.81. The van der Waals surface area contributed by atoms with Crippen molar-refractivity contribution >= 4 is 11.0 Å². The maximum atomic E-state index is 13.8. The molecule has 4 heteroatoms. The lowest BCUT2D eigenvalue weighted by Gasteiger charge is -2.14. The van der Waals surface area contributed by atoms with Crippen molar-refractivity contribution in [3.63, 3.8) is 0 Å². The van der Waals surface area contributed by atoms with E-state index in [0.29, 0.717) is 11.3 Å². The van der Waals surface area contributed by atoms with Crippen molar-refractivity contribution in [2.24, 2.45) is 5.84 Å². The molecule has 21 heavy (non-hydrogen) atoms. The zero-order valence-electron chi connectivity index (χ0n) is 12.0. The summed E-state index contributed by atoms with van der Waals surface area (Å²) in [5.74, 6) is 6.07. The Morgan fingerprint density at radius 2 is 1.90 bits per heavy atom. The van der Waals surface area contributed by atoms with E-state index in [9.17, 15) is 4.39 Å². The molecule has 0 amide bonds. The smallest absolute Gasteiger partial charge is 0.137 e. The lowest BCUT2D eigenvalue weighted by atomic mass is 10.0. The molecule has 0 aliphatic carbocycles. The molecule has 0 bridgehead atoms. The number of nitrogens with two attached hydrogens (primary N) is 1. The minimum Gasteiger partial charge on any atom is -0.459 e. The Kier molecular flexibility index (Phi) is 3.49. The molecule has 0 saturated heterocycles. The third-order valence-corrected chi connectivity index (χ3v) is 3.74. The zero-order valence-corrected chi connectivity index (χ0v) is 12.0. The van der Waals surface area contributed by atoms with Gasteiger partial charge in [0.2, 0.25) is 0 Å². The Balaban J connectivity index is 2.09. The van der Waals surface area contributed by atoms with Crippen LogP contribution in [0.15, 0.2) is 46.9 Å². The fourth-order valence-corrected chi connectivity index (χ4v) is 2.50. The van der Waals surface area contributed by atoms with Crippen LogP contribution in [0.25, 0.3) is 11.0 Å². The molecular formula is C17H17FN2O. The summed E-state index contributed by atoms with van der Waals surface area (Å²) in [4.78, 5) is 0. The van der Waals surface area contributed by atoms with Crippen LogP contribution in [-0.4, -0.2) is 0 Å². The summed E-state index contributed by atoms with van der Waals surface area (Å²) in [6, 6.07) is 12.6. The third-order valence-electron chi connectivity index (χ3n) is 3.74. The normalized spacial score (nSPS) is 12.8. The van der Waals surface area contributed by atoms with Gasteiger partial charge in [0.05, 0.1) is 0 Å². The SMILES string of the molecule is Cc1ccc(C(NN)c2cc3cccc(C)c3o2)cc1F. The van der Waals surface area contributed by atoms with Gasteiger partial charge in [-0.1, -0.05) is 30.3 Å². The number of halogens is 1. The number of fused-ring (bicyclic) bond motifs is 1. The van der Waals surface area contributed by atoms with Crippen LogP contribution in [-0.2, 0) is 0 Å². The van der Waals surface area contributed by atoms with Gasteiger partial charge in [0, 0.05) is 5.39 Å². The minimum absolute atomic E-state index is 0.250. The van der Waals surface area contributed by atoms with Gasteiger partial charge in [0.1, 0.15) is 23.2 Å². The zero-order chi connectivity index (χ0) is 15.0. The van der Waals surface area contributed by atoms with E-state index in [2.05, 4.69) is 5.43 Å². The number of rotatable bonds is 3. The van der Waals surface area contributed by atoms with Crippen LogP contribution in [0.3, 0.4) is 0 Å². The van der Waals surface area contributed by atoms with Gasteiger partial charge in [0.15, 0.2) is 0 Å².